The van der Waals surface area contributed by atoms with Gasteiger partial charge in [0.2, 0.25) is 5.91 Å². The fraction of sp³-hybridized carbons (Fsp3) is 0.176. The molecule has 0 saturated carbocycles. The lowest BCUT2D eigenvalue weighted by Crippen LogP contribution is -2.32. The van der Waals surface area contributed by atoms with Crippen molar-refractivity contribution in [3.63, 3.8) is 0 Å². The number of hydrogen-bond acceptors (Lipinski definition) is 5. The molecule has 0 spiro atoms. The molecule has 1 amide bonds. The number of aromatic nitrogens is 1. The SMILES string of the molecule is C=CCN(CC(=O)Nc1nc2ccccc2s1)Cc1cccs1. The highest BCUT2D eigenvalue weighted by Crippen LogP contribution is 2.25. The number of anilines is 1. The minimum Gasteiger partial charge on any atom is -0.301 e. The van der Waals surface area contributed by atoms with Crippen molar-refractivity contribution < 1.29 is 4.79 Å². The molecule has 1 aromatic carbocycles. The van der Waals surface area contributed by atoms with Gasteiger partial charge in [-0.15, -0.1) is 17.9 Å². The van der Waals surface area contributed by atoms with Gasteiger partial charge < -0.3 is 5.32 Å². The van der Waals surface area contributed by atoms with E-state index in [9.17, 15) is 4.79 Å². The van der Waals surface area contributed by atoms with E-state index >= 15 is 0 Å². The Bertz CT molecular complexity index is 762. The van der Waals surface area contributed by atoms with E-state index < -0.39 is 0 Å². The predicted octanol–water partition coefficient (Wildman–Crippen LogP) is 3.98. The third-order valence-corrected chi connectivity index (χ3v) is 5.07. The number of nitrogens with one attached hydrogen (secondary N) is 1. The zero-order valence-electron chi connectivity index (χ0n) is 12.6. The van der Waals surface area contributed by atoms with Crippen molar-refractivity contribution in [1.29, 1.82) is 0 Å². The predicted molar refractivity (Wildman–Crippen MR) is 98.0 cm³/mol. The third-order valence-electron chi connectivity index (χ3n) is 3.25. The number of carbonyl (C=O) groups is 1. The summed E-state index contributed by atoms with van der Waals surface area (Å²) < 4.78 is 1.07. The molecule has 3 rings (SSSR count). The van der Waals surface area contributed by atoms with Crippen LogP contribution in [0.1, 0.15) is 4.88 Å². The standard InChI is InChI=1S/C17H17N3OS2/c1-2-9-20(11-13-6-5-10-22-13)12-16(21)19-17-18-14-7-3-4-8-15(14)23-17/h2-8,10H,1,9,11-12H2,(H,18,19,21). The first-order valence-corrected chi connectivity index (χ1v) is 8.95. The fourth-order valence-electron chi connectivity index (χ4n) is 2.28. The van der Waals surface area contributed by atoms with Gasteiger partial charge in [0, 0.05) is 18.0 Å². The van der Waals surface area contributed by atoms with Crippen LogP contribution in [0, 0.1) is 0 Å². The molecule has 2 aromatic heterocycles. The van der Waals surface area contributed by atoms with Crippen LogP contribution in [0.4, 0.5) is 5.13 Å². The lowest BCUT2D eigenvalue weighted by Gasteiger charge is -2.18. The van der Waals surface area contributed by atoms with Crippen molar-refractivity contribution in [2.24, 2.45) is 0 Å². The smallest absolute Gasteiger partial charge is 0.240 e. The van der Waals surface area contributed by atoms with Crippen LogP contribution in [-0.4, -0.2) is 28.9 Å². The Hall–Kier alpha value is -2.02. The number of thiazole rings is 1. The highest BCUT2D eigenvalue weighted by atomic mass is 32.1. The molecule has 3 aromatic rings. The van der Waals surface area contributed by atoms with Gasteiger partial charge in [0.1, 0.15) is 0 Å². The normalized spacial score (nSPS) is 11.0. The molecule has 0 saturated heterocycles. The highest BCUT2D eigenvalue weighted by molar-refractivity contribution is 7.22. The van der Waals surface area contributed by atoms with Gasteiger partial charge in [-0.05, 0) is 23.6 Å². The first kappa shape index (κ1) is 15.9. The van der Waals surface area contributed by atoms with Crippen LogP contribution in [0.2, 0.25) is 0 Å². The van der Waals surface area contributed by atoms with Crippen molar-refractivity contribution in [3.05, 3.63) is 59.3 Å². The zero-order chi connectivity index (χ0) is 16.1. The second-order valence-corrected chi connectivity index (χ2v) is 7.14. The van der Waals surface area contributed by atoms with E-state index in [1.54, 1.807) is 11.3 Å². The van der Waals surface area contributed by atoms with Gasteiger partial charge in [0.25, 0.3) is 0 Å². The van der Waals surface area contributed by atoms with Crippen LogP contribution >= 0.6 is 22.7 Å². The lowest BCUT2D eigenvalue weighted by molar-refractivity contribution is -0.117. The van der Waals surface area contributed by atoms with E-state index in [0.717, 1.165) is 16.8 Å². The molecule has 0 aliphatic rings. The first-order chi connectivity index (χ1) is 11.2. The third kappa shape index (κ3) is 4.25. The number of hydrogen-bond donors (Lipinski definition) is 1. The van der Waals surface area contributed by atoms with Crippen LogP contribution in [0.25, 0.3) is 10.2 Å². The molecule has 23 heavy (non-hydrogen) atoms. The molecule has 0 fully saturated rings. The van der Waals surface area contributed by atoms with E-state index in [0.29, 0.717) is 18.2 Å². The number of para-hydroxylation sites is 1. The van der Waals surface area contributed by atoms with E-state index in [2.05, 4.69) is 27.8 Å². The first-order valence-electron chi connectivity index (χ1n) is 7.25. The Labute approximate surface area is 143 Å². The summed E-state index contributed by atoms with van der Waals surface area (Å²) in [5, 5.41) is 5.58. The largest absolute Gasteiger partial charge is 0.301 e. The van der Waals surface area contributed by atoms with Crippen LogP contribution in [0.3, 0.4) is 0 Å². The van der Waals surface area contributed by atoms with Crippen LogP contribution in [-0.2, 0) is 11.3 Å². The summed E-state index contributed by atoms with van der Waals surface area (Å²) in [6, 6.07) is 12.0. The Morgan fingerprint density at radius 1 is 1.30 bits per heavy atom. The highest BCUT2D eigenvalue weighted by Gasteiger charge is 2.13. The number of amides is 1. The van der Waals surface area contributed by atoms with Crippen LogP contribution < -0.4 is 5.32 Å². The van der Waals surface area contributed by atoms with Gasteiger partial charge in [-0.1, -0.05) is 35.6 Å². The van der Waals surface area contributed by atoms with Crippen LogP contribution in [0.15, 0.2) is 54.4 Å². The summed E-state index contributed by atoms with van der Waals surface area (Å²) >= 11 is 3.18. The zero-order valence-corrected chi connectivity index (χ0v) is 14.2. The Morgan fingerprint density at radius 3 is 2.91 bits per heavy atom. The summed E-state index contributed by atoms with van der Waals surface area (Å²) in [7, 11) is 0. The van der Waals surface area contributed by atoms with Gasteiger partial charge in [0.05, 0.1) is 16.8 Å². The van der Waals surface area contributed by atoms with Gasteiger partial charge in [-0.25, -0.2) is 4.98 Å². The second kappa shape index (κ2) is 7.50. The van der Waals surface area contributed by atoms with E-state index in [1.807, 2.05) is 41.8 Å². The molecular formula is C17H17N3OS2. The van der Waals surface area contributed by atoms with Crippen molar-refractivity contribution >= 4 is 43.9 Å². The Balaban J connectivity index is 1.62. The average molecular weight is 343 g/mol. The number of benzene rings is 1. The maximum Gasteiger partial charge on any atom is 0.240 e. The quantitative estimate of drug-likeness (QED) is 0.660. The molecule has 0 radical (unpaired) electrons. The molecular weight excluding hydrogens is 326 g/mol. The number of nitrogens with zero attached hydrogens (tertiary/aromatic N) is 2. The summed E-state index contributed by atoms with van der Waals surface area (Å²) in [5.41, 5.74) is 0.911. The van der Waals surface area contributed by atoms with Gasteiger partial charge in [-0.2, -0.15) is 0 Å². The summed E-state index contributed by atoms with van der Waals surface area (Å²) in [6.07, 6.45) is 1.82. The number of fused-ring (bicyclic) bond motifs is 1. The molecule has 0 unspecified atom stereocenters. The topological polar surface area (TPSA) is 45.2 Å². The van der Waals surface area contributed by atoms with Crippen molar-refractivity contribution in [2.75, 3.05) is 18.4 Å². The average Bonchev–Trinajstić information content (AvgIpc) is 3.15. The molecule has 1 N–H and O–H groups in total. The van der Waals surface area contributed by atoms with E-state index in [-0.39, 0.29) is 5.91 Å². The summed E-state index contributed by atoms with van der Waals surface area (Å²) in [5.74, 6) is -0.0533. The van der Waals surface area contributed by atoms with E-state index in [4.69, 9.17) is 0 Å². The molecule has 6 heteroatoms. The molecule has 0 bridgehead atoms. The molecule has 118 valence electrons. The maximum absolute atomic E-state index is 12.3. The number of carbonyl (C=O) groups excluding carboxylic acids is 1. The van der Waals surface area contributed by atoms with Gasteiger partial charge in [0.15, 0.2) is 5.13 Å². The van der Waals surface area contributed by atoms with E-state index in [1.165, 1.54) is 16.2 Å². The lowest BCUT2D eigenvalue weighted by atomic mass is 10.3. The maximum atomic E-state index is 12.3. The minimum atomic E-state index is -0.0533. The van der Waals surface area contributed by atoms with Crippen LogP contribution in [0.5, 0.6) is 0 Å². The number of rotatable bonds is 7. The Kier molecular flexibility index (Phi) is 5.17. The number of thiophene rings is 1. The minimum absolute atomic E-state index is 0.0533. The molecule has 0 atom stereocenters. The molecule has 2 heterocycles. The molecule has 4 nitrogen and oxygen atoms in total. The van der Waals surface area contributed by atoms with Crippen molar-refractivity contribution in [1.82, 2.24) is 9.88 Å². The fourth-order valence-corrected chi connectivity index (χ4v) is 3.91. The monoisotopic (exact) mass is 343 g/mol. The molecule has 0 aliphatic heterocycles. The van der Waals surface area contributed by atoms with Gasteiger partial charge in [-0.3, -0.25) is 9.69 Å². The molecule has 0 aliphatic carbocycles. The second-order valence-electron chi connectivity index (χ2n) is 5.07. The summed E-state index contributed by atoms with van der Waals surface area (Å²) in [4.78, 5) is 20.0. The Morgan fingerprint density at radius 2 is 2.17 bits per heavy atom. The van der Waals surface area contributed by atoms with Crippen molar-refractivity contribution in [3.8, 4) is 0 Å². The van der Waals surface area contributed by atoms with Gasteiger partial charge >= 0.3 is 0 Å². The summed E-state index contributed by atoms with van der Waals surface area (Å²) in [6.45, 7) is 5.51. The van der Waals surface area contributed by atoms with Crippen molar-refractivity contribution in [2.45, 2.75) is 6.54 Å².